The summed E-state index contributed by atoms with van der Waals surface area (Å²) in [6, 6.07) is -0.0131. The molecule has 0 aliphatic carbocycles. The van der Waals surface area contributed by atoms with Gasteiger partial charge in [0, 0.05) is 13.7 Å². The highest BCUT2D eigenvalue weighted by Gasteiger charge is 2.29. The van der Waals surface area contributed by atoms with E-state index in [0.29, 0.717) is 13.2 Å². The maximum Gasteiger partial charge on any atom is 0.354 e. The number of carboxylic acid groups (broad SMARTS) is 1. The van der Waals surface area contributed by atoms with Gasteiger partial charge < -0.3 is 19.7 Å². The number of carboxylic acids is 1. The van der Waals surface area contributed by atoms with E-state index in [-0.39, 0.29) is 17.4 Å². The van der Waals surface area contributed by atoms with Crippen molar-refractivity contribution in [1.82, 2.24) is 14.9 Å². The van der Waals surface area contributed by atoms with Crippen LogP contribution in [0.15, 0.2) is 6.33 Å². The summed E-state index contributed by atoms with van der Waals surface area (Å²) in [4.78, 5) is 30.6. The van der Waals surface area contributed by atoms with Crippen LogP contribution >= 0.6 is 0 Å². The van der Waals surface area contributed by atoms with Crippen molar-refractivity contribution in [1.29, 1.82) is 0 Å². The van der Waals surface area contributed by atoms with Gasteiger partial charge in [-0.2, -0.15) is 0 Å². The first-order valence-corrected chi connectivity index (χ1v) is 5.23. The molecular formula is C10H13N3O4. The van der Waals surface area contributed by atoms with Gasteiger partial charge in [0.15, 0.2) is 11.4 Å². The molecule has 7 heteroatoms. The van der Waals surface area contributed by atoms with Crippen LogP contribution in [0.3, 0.4) is 0 Å². The number of ether oxygens (including phenoxy) is 1. The maximum absolute atomic E-state index is 12.0. The van der Waals surface area contributed by atoms with Gasteiger partial charge in [-0.1, -0.05) is 0 Å². The molecule has 1 fully saturated rings. The minimum absolute atomic E-state index is 0.0131. The fraction of sp³-hybridized carbons (Fsp3) is 0.500. The summed E-state index contributed by atoms with van der Waals surface area (Å²) in [5.74, 6) is -1.60. The van der Waals surface area contributed by atoms with Crippen molar-refractivity contribution in [2.24, 2.45) is 0 Å². The van der Waals surface area contributed by atoms with Crippen molar-refractivity contribution < 1.29 is 19.4 Å². The first kappa shape index (κ1) is 11.6. The number of aromatic carboxylic acids is 1. The molecule has 1 amide bonds. The molecule has 92 valence electrons. The lowest BCUT2D eigenvalue weighted by molar-refractivity contribution is 0.0655. The number of hydrogen-bond acceptors (Lipinski definition) is 4. The van der Waals surface area contributed by atoms with Crippen molar-refractivity contribution in [3.05, 3.63) is 17.7 Å². The largest absolute Gasteiger partial charge is 0.477 e. The Morgan fingerprint density at radius 1 is 1.65 bits per heavy atom. The molecule has 1 atom stereocenters. The lowest BCUT2D eigenvalue weighted by atomic mass is 10.2. The van der Waals surface area contributed by atoms with E-state index in [4.69, 9.17) is 9.84 Å². The molecule has 1 aromatic rings. The fourth-order valence-electron chi connectivity index (χ4n) is 1.78. The van der Waals surface area contributed by atoms with Crippen LogP contribution in [0.5, 0.6) is 0 Å². The number of H-pyrrole nitrogens is 1. The van der Waals surface area contributed by atoms with Gasteiger partial charge in [-0.3, -0.25) is 4.79 Å². The Labute approximate surface area is 97.4 Å². The van der Waals surface area contributed by atoms with Gasteiger partial charge in [0.05, 0.1) is 19.0 Å². The van der Waals surface area contributed by atoms with Gasteiger partial charge in [0.2, 0.25) is 0 Å². The zero-order chi connectivity index (χ0) is 12.4. The molecule has 0 radical (unpaired) electrons. The predicted octanol–water partition coefficient (Wildman–Crippen LogP) is -0.0312. The number of nitrogens with zero attached hydrogens (tertiary/aromatic N) is 2. The van der Waals surface area contributed by atoms with Crippen LogP contribution in [-0.2, 0) is 4.74 Å². The molecule has 2 rings (SSSR count). The van der Waals surface area contributed by atoms with E-state index in [1.54, 1.807) is 7.05 Å². The lowest BCUT2D eigenvalue weighted by Gasteiger charge is -2.22. The van der Waals surface area contributed by atoms with Crippen LogP contribution in [0.25, 0.3) is 0 Å². The Morgan fingerprint density at radius 2 is 2.41 bits per heavy atom. The van der Waals surface area contributed by atoms with E-state index >= 15 is 0 Å². The normalized spacial score (nSPS) is 19.2. The second-order valence-corrected chi connectivity index (χ2v) is 3.86. The standard InChI is InChI=1S/C10H13N3O4/c1-13(6-2-3-17-4-6)9(14)7-8(10(15)16)12-5-11-7/h5-6H,2-4H2,1H3,(H,11,12)(H,15,16). The van der Waals surface area contributed by atoms with Crippen LogP contribution < -0.4 is 0 Å². The van der Waals surface area contributed by atoms with Crippen LogP contribution in [0.4, 0.5) is 0 Å². The Morgan fingerprint density at radius 3 is 3.00 bits per heavy atom. The number of imidazole rings is 1. The third kappa shape index (κ3) is 2.14. The quantitative estimate of drug-likeness (QED) is 0.772. The first-order chi connectivity index (χ1) is 8.11. The highest BCUT2D eigenvalue weighted by atomic mass is 16.5. The molecule has 0 bridgehead atoms. The van der Waals surface area contributed by atoms with Crippen molar-refractivity contribution in [3.8, 4) is 0 Å². The Bertz CT molecular complexity index is 437. The summed E-state index contributed by atoms with van der Waals surface area (Å²) in [6.45, 7) is 1.10. The molecule has 1 unspecified atom stereocenters. The van der Waals surface area contributed by atoms with E-state index in [1.165, 1.54) is 11.2 Å². The van der Waals surface area contributed by atoms with Crippen LogP contribution in [-0.4, -0.2) is 58.2 Å². The smallest absolute Gasteiger partial charge is 0.354 e. The molecule has 7 nitrogen and oxygen atoms in total. The number of amides is 1. The van der Waals surface area contributed by atoms with E-state index in [2.05, 4.69) is 9.97 Å². The first-order valence-electron chi connectivity index (χ1n) is 5.23. The fourth-order valence-corrected chi connectivity index (χ4v) is 1.78. The minimum Gasteiger partial charge on any atom is -0.477 e. The van der Waals surface area contributed by atoms with E-state index < -0.39 is 11.9 Å². The van der Waals surface area contributed by atoms with Crippen molar-refractivity contribution in [2.45, 2.75) is 12.5 Å². The van der Waals surface area contributed by atoms with Gasteiger partial charge in [0.1, 0.15) is 0 Å². The highest BCUT2D eigenvalue weighted by molar-refractivity contribution is 6.02. The number of carbonyl (C=O) groups is 2. The molecule has 0 spiro atoms. The van der Waals surface area contributed by atoms with Crippen molar-refractivity contribution in [2.75, 3.05) is 20.3 Å². The molecule has 1 aromatic heterocycles. The van der Waals surface area contributed by atoms with Crippen LogP contribution in [0, 0.1) is 0 Å². The Hall–Kier alpha value is -1.89. The number of aromatic amines is 1. The molecule has 2 N–H and O–H groups in total. The molecular weight excluding hydrogens is 226 g/mol. The summed E-state index contributed by atoms with van der Waals surface area (Å²) >= 11 is 0. The number of hydrogen-bond donors (Lipinski definition) is 2. The third-order valence-electron chi connectivity index (χ3n) is 2.83. The monoisotopic (exact) mass is 239 g/mol. The van der Waals surface area contributed by atoms with E-state index in [0.717, 1.165) is 6.42 Å². The average Bonchev–Trinajstić information content (AvgIpc) is 2.97. The van der Waals surface area contributed by atoms with E-state index in [1.807, 2.05) is 0 Å². The molecule has 1 saturated heterocycles. The van der Waals surface area contributed by atoms with Crippen LogP contribution in [0.2, 0.25) is 0 Å². The summed E-state index contributed by atoms with van der Waals surface area (Å²) < 4.78 is 5.19. The predicted molar refractivity (Wildman–Crippen MR) is 56.9 cm³/mol. The summed E-state index contributed by atoms with van der Waals surface area (Å²) in [5.41, 5.74) is -0.243. The van der Waals surface area contributed by atoms with Gasteiger partial charge in [-0.15, -0.1) is 0 Å². The van der Waals surface area contributed by atoms with Gasteiger partial charge >= 0.3 is 5.97 Å². The van der Waals surface area contributed by atoms with Crippen LogP contribution in [0.1, 0.15) is 27.4 Å². The van der Waals surface area contributed by atoms with Crippen molar-refractivity contribution >= 4 is 11.9 Å². The third-order valence-corrected chi connectivity index (χ3v) is 2.83. The average molecular weight is 239 g/mol. The van der Waals surface area contributed by atoms with Gasteiger partial charge in [-0.25, -0.2) is 9.78 Å². The number of nitrogens with one attached hydrogen (secondary N) is 1. The number of rotatable bonds is 3. The minimum atomic E-state index is -1.19. The molecule has 2 heterocycles. The maximum atomic E-state index is 12.0. The summed E-state index contributed by atoms with van der Waals surface area (Å²) in [7, 11) is 1.63. The highest BCUT2D eigenvalue weighted by Crippen LogP contribution is 2.14. The van der Waals surface area contributed by atoms with Gasteiger partial charge in [0.25, 0.3) is 5.91 Å². The van der Waals surface area contributed by atoms with Gasteiger partial charge in [-0.05, 0) is 6.42 Å². The summed E-state index contributed by atoms with van der Waals surface area (Å²) in [5, 5.41) is 8.88. The molecule has 1 aliphatic heterocycles. The second kappa shape index (κ2) is 4.54. The zero-order valence-corrected chi connectivity index (χ0v) is 9.34. The zero-order valence-electron chi connectivity index (χ0n) is 9.34. The van der Waals surface area contributed by atoms with Crippen molar-refractivity contribution in [3.63, 3.8) is 0 Å². The lowest BCUT2D eigenvalue weighted by Crippen LogP contribution is -2.38. The number of aromatic nitrogens is 2. The summed E-state index contributed by atoms with van der Waals surface area (Å²) in [6.07, 6.45) is 1.96. The van der Waals surface area contributed by atoms with E-state index in [9.17, 15) is 9.59 Å². The number of carbonyl (C=O) groups excluding carboxylic acids is 1. The molecule has 0 saturated carbocycles. The molecule has 1 aliphatic rings. The topological polar surface area (TPSA) is 95.5 Å². The molecule has 0 aromatic carbocycles. The Balaban J connectivity index is 2.18. The SMILES string of the molecule is CN(C(=O)c1nc[nH]c1C(=O)O)C1CCOC1. The number of likely N-dealkylation sites (N-methyl/N-ethyl adjacent to an activating group) is 1. The second-order valence-electron chi connectivity index (χ2n) is 3.86. The Kier molecular flexibility index (Phi) is 3.10. The molecule has 17 heavy (non-hydrogen) atoms.